The maximum atomic E-state index is 14.8. The van der Waals surface area contributed by atoms with Gasteiger partial charge in [-0.1, -0.05) is 12.1 Å². The van der Waals surface area contributed by atoms with E-state index in [0.29, 0.717) is 51.8 Å². The lowest BCUT2D eigenvalue weighted by Gasteiger charge is -2.43. The van der Waals surface area contributed by atoms with Gasteiger partial charge in [0.15, 0.2) is 11.6 Å². The predicted molar refractivity (Wildman–Crippen MR) is 129 cm³/mol. The zero-order chi connectivity index (χ0) is 26.3. The van der Waals surface area contributed by atoms with Gasteiger partial charge in [-0.2, -0.15) is 0 Å². The number of carbonyl (C=O) groups excluding carboxylic acids is 1. The monoisotopic (exact) mass is 517 g/mol. The van der Waals surface area contributed by atoms with E-state index in [1.165, 1.54) is 12.1 Å². The number of urea groups is 1. The highest BCUT2D eigenvalue weighted by atomic mass is 19.3. The van der Waals surface area contributed by atoms with Crippen molar-refractivity contribution in [3.63, 3.8) is 0 Å². The van der Waals surface area contributed by atoms with Crippen LogP contribution < -0.4 is 10.6 Å². The van der Waals surface area contributed by atoms with Gasteiger partial charge in [-0.25, -0.2) is 22.4 Å². The van der Waals surface area contributed by atoms with Crippen molar-refractivity contribution in [1.82, 2.24) is 15.5 Å². The number of aliphatic hydroxyl groups is 1. The SMILES string of the molecule is CNCC(CC1CC(F)(F)C1)NC(=O)N1CCC[C@@H]([C@@](O)(CCCCOC)c2cccc(F)c2F)C1. The van der Waals surface area contributed by atoms with Crippen LogP contribution in [0.5, 0.6) is 0 Å². The van der Waals surface area contributed by atoms with Crippen molar-refractivity contribution in [1.29, 1.82) is 0 Å². The van der Waals surface area contributed by atoms with Crippen molar-refractivity contribution in [3.8, 4) is 0 Å². The minimum atomic E-state index is -2.61. The van der Waals surface area contributed by atoms with Crippen LogP contribution in [0.25, 0.3) is 0 Å². The number of alkyl halides is 2. The van der Waals surface area contributed by atoms with Crippen LogP contribution in [0, 0.1) is 23.5 Å². The molecule has 2 fully saturated rings. The molecule has 1 unspecified atom stereocenters. The molecular formula is C26H39F4N3O3. The molecule has 1 aromatic rings. The van der Waals surface area contributed by atoms with Gasteiger partial charge in [-0.05, 0) is 57.6 Å². The summed E-state index contributed by atoms with van der Waals surface area (Å²) in [5.41, 5.74) is -1.74. The summed E-state index contributed by atoms with van der Waals surface area (Å²) in [7, 11) is 3.32. The minimum absolute atomic E-state index is 0.0915. The van der Waals surface area contributed by atoms with E-state index >= 15 is 0 Å². The average Bonchev–Trinajstić information content (AvgIpc) is 2.82. The third kappa shape index (κ3) is 7.10. The lowest BCUT2D eigenvalue weighted by atomic mass is 9.74. The van der Waals surface area contributed by atoms with E-state index in [1.807, 2.05) is 0 Å². The van der Waals surface area contributed by atoms with Crippen LogP contribution in [0.3, 0.4) is 0 Å². The number of nitrogens with one attached hydrogen (secondary N) is 2. The van der Waals surface area contributed by atoms with Crippen LogP contribution in [0.15, 0.2) is 18.2 Å². The lowest BCUT2D eigenvalue weighted by molar-refractivity contribution is -0.113. The van der Waals surface area contributed by atoms with E-state index < -0.39 is 29.1 Å². The molecule has 204 valence electrons. The fraction of sp³-hybridized carbons (Fsp3) is 0.731. The largest absolute Gasteiger partial charge is 0.385 e. The molecule has 1 aliphatic carbocycles. The Labute approximate surface area is 210 Å². The molecule has 36 heavy (non-hydrogen) atoms. The van der Waals surface area contributed by atoms with Gasteiger partial charge in [0.05, 0.1) is 5.60 Å². The Balaban J connectivity index is 1.71. The standard InChI is InChI=1S/C26H39F4N3O3/c1-31-16-20(13-18-14-25(29,30)15-18)32-24(34)33-11-6-7-19(17-33)26(35,10-3-4-12-36-2)21-8-5-9-22(27)23(21)28/h5,8-9,18-20,31,35H,3-4,6-7,10-17H2,1-2H3,(H,32,34)/t19-,20?,26+/m1/s1. The van der Waals surface area contributed by atoms with Crippen LogP contribution in [0.2, 0.25) is 0 Å². The average molecular weight is 518 g/mol. The number of methoxy groups -OCH3 is 1. The summed E-state index contributed by atoms with van der Waals surface area (Å²) in [6, 6.07) is 3.16. The van der Waals surface area contributed by atoms with E-state index in [0.717, 1.165) is 6.07 Å². The zero-order valence-corrected chi connectivity index (χ0v) is 21.2. The number of piperidine rings is 1. The Hall–Kier alpha value is -1.91. The molecule has 0 radical (unpaired) electrons. The molecule has 1 aliphatic heterocycles. The van der Waals surface area contributed by atoms with Crippen LogP contribution in [-0.2, 0) is 10.3 Å². The first-order valence-electron chi connectivity index (χ1n) is 12.8. The molecule has 1 saturated heterocycles. The van der Waals surface area contributed by atoms with Gasteiger partial charge in [0.2, 0.25) is 5.92 Å². The Kier molecular flexibility index (Phi) is 10.00. The summed E-state index contributed by atoms with van der Waals surface area (Å²) in [6.07, 6.45) is 2.68. The van der Waals surface area contributed by atoms with Crippen molar-refractivity contribution >= 4 is 6.03 Å². The first kappa shape index (κ1) is 28.7. The molecule has 0 bridgehead atoms. The van der Waals surface area contributed by atoms with E-state index in [9.17, 15) is 27.5 Å². The number of hydrogen-bond acceptors (Lipinski definition) is 4. The van der Waals surface area contributed by atoms with Crippen LogP contribution in [-0.4, -0.2) is 68.4 Å². The summed E-state index contributed by atoms with van der Waals surface area (Å²) in [4.78, 5) is 14.7. The number of ether oxygens (including phenoxy) is 1. The second kappa shape index (κ2) is 12.6. The van der Waals surface area contributed by atoms with Crippen molar-refractivity contribution in [3.05, 3.63) is 35.4 Å². The lowest BCUT2D eigenvalue weighted by Crippen LogP contribution is -2.54. The Bertz CT molecular complexity index is 867. The molecule has 6 nitrogen and oxygen atoms in total. The molecule has 2 amide bonds. The van der Waals surface area contributed by atoms with Crippen molar-refractivity contribution in [2.45, 2.75) is 68.9 Å². The third-order valence-corrected chi connectivity index (χ3v) is 7.53. The maximum absolute atomic E-state index is 14.8. The number of likely N-dealkylation sites (tertiary alicyclic amines) is 1. The summed E-state index contributed by atoms with van der Waals surface area (Å²) in [5, 5.41) is 17.8. The second-order valence-corrected chi connectivity index (χ2v) is 10.3. The Morgan fingerprint density at radius 1 is 1.31 bits per heavy atom. The fourth-order valence-electron chi connectivity index (χ4n) is 5.65. The van der Waals surface area contributed by atoms with Crippen molar-refractivity contribution in [2.75, 3.05) is 40.4 Å². The summed E-state index contributed by atoms with van der Waals surface area (Å²) in [5.74, 6) is -5.34. The van der Waals surface area contributed by atoms with Gasteiger partial charge in [-0.3, -0.25) is 0 Å². The van der Waals surface area contributed by atoms with E-state index in [4.69, 9.17) is 4.74 Å². The molecule has 1 aromatic carbocycles. The van der Waals surface area contributed by atoms with Crippen molar-refractivity contribution in [2.24, 2.45) is 11.8 Å². The number of hydrogen-bond donors (Lipinski definition) is 3. The van der Waals surface area contributed by atoms with E-state index in [-0.39, 0.29) is 49.4 Å². The van der Waals surface area contributed by atoms with E-state index in [1.54, 1.807) is 19.1 Å². The molecule has 2 aliphatic rings. The number of benzene rings is 1. The number of rotatable bonds is 12. The van der Waals surface area contributed by atoms with Gasteiger partial charge in [0.25, 0.3) is 0 Å². The van der Waals surface area contributed by atoms with Crippen LogP contribution in [0.1, 0.15) is 56.9 Å². The number of likely N-dealkylation sites (N-methyl/N-ethyl adjacent to an activating group) is 1. The molecule has 3 N–H and O–H groups in total. The fourth-order valence-corrected chi connectivity index (χ4v) is 5.65. The number of halogens is 4. The minimum Gasteiger partial charge on any atom is -0.385 e. The van der Waals surface area contributed by atoms with Gasteiger partial charge in [0, 0.05) is 63.7 Å². The molecule has 3 atom stereocenters. The van der Waals surface area contributed by atoms with Crippen molar-refractivity contribution < 1.29 is 32.2 Å². The molecule has 1 saturated carbocycles. The number of nitrogens with zero attached hydrogens (tertiary/aromatic N) is 1. The molecular weight excluding hydrogens is 478 g/mol. The Morgan fingerprint density at radius 2 is 2.06 bits per heavy atom. The zero-order valence-electron chi connectivity index (χ0n) is 21.2. The maximum Gasteiger partial charge on any atom is 0.317 e. The highest BCUT2D eigenvalue weighted by molar-refractivity contribution is 5.74. The third-order valence-electron chi connectivity index (χ3n) is 7.53. The van der Waals surface area contributed by atoms with Crippen LogP contribution >= 0.6 is 0 Å². The number of carbonyl (C=O) groups is 1. The normalized spacial score (nSPS) is 22.5. The first-order chi connectivity index (χ1) is 17.1. The molecule has 3 rings (SSSR count). The highest BCUT2D eigenvalue weighted by Crippen LogP contribution is 2.44. The summed E-state index contributed by atoms with van der Waals surface area (Å²) >= 11 is 0. The number of unbranched alkanes of at least 4 members (excludes halogenated alkanes) is 1. The summed E-state index contributed by atoms with van der Waals surface area (Å²) < 4.78 is 60.5. The summed E-state index contributed by atoms with van der Waals surface area (Å²) in [6.45, 7) is 1.57. The quantitative estimate of drug-likeness (QED) is 0.284. The molecule has 0 spiro atoms. The molecule has 1 heterocycles. The van der Waals surface area contributed by atoms with Gasteiger partial charge in [0.1, 0.15) is 0 Å². The smallest absolute Gasteiger partial charge is 0.317 e. The second-order valence-electron chi connectivity index (χ2n) is 10.3. The van der Waals surface area contributed by atoms with E-state index in [2.05, 4.69) is 10.6 Å². The van der Waals surface area contributed by atoms with Gasteiger partial charge < -0.3 is 25.4 Å². The van der Waals surface area contributed by atoms with Crippen LogP contribution in [0.4, 0.5) is 22.4 Å². The topological polar surface area (TPSA) is 73.8 Å². The number of amides is 2. The predicted octanol–water partition coefficient (Wildman–Crippen LogP) is 4.41. The highest BCUT2D eigenvalue weighted by Gasteiger charge is 2.46. The van der Waals surface area contributed by atoms with Gasteiger partial charge in [-0.15, -0.1) is 0 Å². The first-order valence-corrected chi connectivity index (χ1v) is 12.8. The Morgan fingerprint density at radius 3 is 2.72 bits per heavy atom. The molecule has 0 aromatic heterocycles. The van der Waals surface area contributed by atoms with Gasteiger partial charge >= 0.3 is 6.03 Å². The molecule has 10 heteroatoms.